The highest BCUT2D eigenvalue weighted by atomic mass is 79.9. The lowest BCUT2D eigenvalue weighted by atomic mass is 10.2. The highest BCUT2D eigenvalue weighted by molar-refractivity contribution is 9.10. The van der Waals surface area contributed by atoms with Gasteiger partial charge in [-0.2, -0.15) is 5.10 Å². The Morgan fingerprint density at radius 1 is 1.09 bits per heavy atom. The number of hydrogen-bond donors (Lipinski definition) is 1. The van der Waals surface area contributed by atoms with Crippen LogP contribution in [-0.4, -0.2) is 33.6 Å². The van der Waals surface area contributed by atoms with E-state index in [1.54, 1.807) is 36.4 Å². The van der Waals surface area contributed by atoms with Crippen LogP contribution in [0.2, 0.25) is 0 Å². The summed E-state index contributed by atoms with van der Waals surface area (Å²) in [7, 11) is -3.52. The minimum Gasteiger partial charge on any atom is -0.454 e. The van der Waals surface area contributed by atoms with Crippen LogP contribution in [0, 0.1) is 0 Å². The monoisotopic (exact) mass is 529 g/mol. The van der Waals surface area contributed by atoms with Crippen molar-refractivity contribution in [2.45, 2.75) is 6.54 Å². The van der Waals surface area contributed by atoms with E-state index >= 15 is 0 Å². The van der Waals surface area contributed by atoms with Gasteiger partial charge in [-0.1, -0.05) is 30.3 Å². The van der Waals surface area contributed by atoms with Crippen molar-refractivity contribution in [3.05, 3.63) is 87.9 Å². The van der Waals surface area contributed by atoms with E-state index < -0.39 is 15.9 Å². The number of anilines is 1. The van der Waals surface area contributed by atoms with Crippen LogP contribution in [0.1, 0.15) is 21.5 Å². The van der Waals surface area contributed by atoms with Gasteiger partial charge in [-0.05, 0) is 57.9 Å². The molecule has 0 unspecified atom stereocenters. The van der Waals surface area contributed by atoms with Gasteiger partial charge in [0.05, 0.1) is 24.7 Å². The van der Waals surface area contributed by atoms with Gasteiger partial charge in [0, 0.05) is 15.6 Å². The van der Waals surface area contributed by atoms with Gasteiger partial charge in [-0.15, -0.1) is 0 Å². The number of ether oxygens (including phenoxy) is 2. The molecule has 0 radical (unpaired) electrons. The van der Waals surface area contributed by atoms with Crippen LogP contribution >= 0.6 is 15.9 Å². The third-order valence-corrected chi connectivity index (χ3v) is 6.68. The van der Waals surface area contributed by atoms with E-state index in [9.17, 15) is 13.2 Å². The molecule has 1 heterocycles. The summed E-state index contributed by atoms with van der Waals surface area (Å²) in [6, 6.07) is 19.1. The molecule has 10 heteroatoms. The van der Waals surface area contributed by atoms with E-state index in [0.717, 1.165) is 16.3 Å². The van der Waals surface area contributed by atoms with Crippen LogP contribution in [0.25, 0.3) is 0 Å². The number of halogens is 1. The quantitative estimate of drug-likeness (QED) is 0.369. The number of amides is 1. The van der Waals surface area contributed by atoms with Gasteiger partial charge in [0.15, 0.2) is 11.5 Å². The van der Waals surface area contributed by atoms with E-state index in [0.29, 0.717) is 28.3 Å². The average molecular weight is 530 g/mol. The first-order valence-corrected chi connectivity index (χ1v) is 12.5. The van der Waals surface area contributed by atoms with Crippen molar-refractivity contribution in [2.24, 2.45) is 5.10 Å². The Labute approximate surface area is 200 Å². The molecule has 33 heavy (non-hydrogen) atoms. The molecule has 0 spiro atoms. The number of hydrazone groups is 1. The average Bonchev–Trinajstić information content (AvgIpc) is 3.24. The Balaban J connectivity index is 1.45. The molecule has 3 aromatic carbocycles. The van der Waals surface area contributed by atoms with Gasteiger partial charge in [-0.25, -0.2) is 13.8 Å². The summed E-state index contributed by atoms with van der Waals surface area (Å²) in [5, 5.41) is 4.00. The molecule has 0 fully saturated rings. The van der Waals surface area contributed by atoms with Gasteiger partial charge in [-0.3, -0.25) is 9.10 Å². The summed E-state index contributed by atoms with van der Waals surface area (Å²) >= 11 is 3.43. The number of fused-ring (bicyclic) bond motifs is 1. The molecule has 0 atom stereocenters. The Hall–Kier alpha value is -3.37. The van der Waals surface area contributed by atoms with Crippen LogP contribution in [0.15, 0.2) is 76.3 Å². The lowest BCUT2D eigenvalue weighted by Crippen LogP contribution is -2.29. The molecule has 3 aromatic rings. The fourth-order valence-electron chi connectivity index (χ4n) is 3.19. The van der Waals surface area contributed by atoms with Gasteiger partial charge in [0.1, 0.15) is 0 Å². The zero-order valence-electron chi connectivity index (χ0n) is 17.6. The predicted octanol–water partition coefficient (Wildman–Crippen LogP) is 3.91. The molecule has 8 nitrogen and oxygen atoms in total. The minimum absolute atomic E-state index is 0.164. The van der Waals surface area contributed by atoms with Gasteiger partial charge < -0.3 is 9.47 Å². The van der Waals surface area contributed by atoms with Crippen LogP contribution in [0.4, 0.5) is 5.69 Å². The largest absolute Gasteiger partial charge is 0.454 e. The third kappa shape index (κ3) is 5.52. The van der Waals surface area contributed by atoms with Crippen molar-refractivity contribution in [3.63, 3.8) is 0 Å². The van der Waals surface area contributed by atoms with E-state index in [-0.39, 0.29) is 13.3 Å². The zero-order chi connectivity index (χ0) is 23.4. The second kappa shape index (κ2) is 9.63. The van der Waals surface area contributed by atoms with E-state index in [1.165, 1.54) is 10.5 Å². The maximum absolute atomic E-state index is 12.5. The van der Waals surface area contributed by atoms with Crippen LogP contribution in [-0.2, 0) is 16.6 Å². The van der Waals surface area contributed by atoms with Crippen molar-refractivity contribution in [1.29, 1.82) is 0 Å². The maximum Gasteiger partial charge on any atom is 0.271 e. The van der Waals surface area contributed by atoms with Crippen molar-refractivity contribution in [2.75, 3.05) is 17.4 Å². The van der Waals surface area contributed by atoms with Gasteiger partial charge in [0.25, 0.3) is 5.91 Å². The number of nitrogens with zero attached hydrogens (tertiary/aromatic N) is 2. The molecule has 1 aliphatic heterocycles. The molecule has 0 aromatic heterocycles. The van der Waals surface area contributed by atoms with E-state index in [1.807, 2.05) is 30.3 Å². The fourth-order valence-corrected chi connectivity index (χ4v) is 4.50. The number of hydrogen-bond acceptors (Lipinski definition) is 6. The Bertz CT molecular complexity index is 1300. The Kier molecular flexibility index (Phi) is 6.66. The summed E-state index contributed by atoms with van der Waals surface area (Å²) in [4.78, 5) is 12.5. The highest BCUT2D eigenvalue weighted by Gasteiger charge is 2.19. The number of rotatable bonds is 7. The Morgan fingerprint density at radius 2 is 1.76 bits per heavy atom. The first kappa shape index (κ1) is 22.8. The predicted molar refractivity (Wildman–Crippen MR) is 129 cm³/mol. The van der Waals surface area contributed by atoms with Crippen LogP contribution in [0.3, 0.4) is 0 Å². The molecule has 1 N–H and O–H groups in total. The lowest BCUT2D eigenvalue weighted by Gasteiger charge is -2.22. The number of nitrogens with one attached hydrogen (secondary N) is 1. The smallest absolute Gasteiger partial charge is 0.271 e. The summed E-state index contributed by atoms with van der Waals surface area (Å²) in [6.45, 7) is 0.358. The molecular formula is C23H20BrN3O5S. The Morgan fingerprint density at radius 3 is 2.42 bits per heavy atom. The summed E-state index contributed by atoms with van der Waals surface area (Å²) < 4.78 is 37.4. The number of carbonyl (C=O) groups excluding carboxylic acids is 1. The fraction of sp³-hybridized carbons (Fsp3) is 0.130. The molecule has 1 amide bonds. The molecule has 0 bridgehead atoms. The van der Waals surface area contributed by atoms with Crippen molar-refractivity contribution < 1.29 is 22.7 Å². The SMILES string of the molecule is CS(=O)(=O)N(Cc1ccccc1)c1ccc(C(=O)N/N=C\c2cc3c(cc2Br)OCO3)cc1. The molecule has 4 rings (SSSR count). The summed E-state index contributed by atoms with van der Waals surface area (Å²) in [5.41, 5.74) is 4.84. The van der Waals surface area contributed by atoms with Crippen molar-refractivity contribution in [3.8, 4) is 11.5 Å². The normalized spacial score (nSPS) is 12.7. The molecular weight excluding hydrogens is 510 g/mol. The number of carbonyl (C=O) groups is 1. The lowest BCUT2D eigenvalue weighted by molar-refractivity contribution is 0.0955. The zero-order valence-corrected chi connectivity index (χ0v) is 20.0. The molecule has 170 valence electrons. The third-order valence-electron chi connectivity index (χ3n) is 4.85. The van der Waals surface area contributed by atoms with Crippen molar-refractivity contribution in [1.82, 2.24) is 5.43 Å². The second-order valence-corrected chi connectivity index (χ2v) is 9.99. The number of benzene rings is 3. The van der Waals surface area contributed by atoms with Crippen molar-refractivity contribution >= 4 is 43.8 Å². The first-order valence-electron chi connectivity index (χ1n) is 9.85. The van der Waals surface area contributed by atoms with Gasteiger partial charge >= 0.3 is 0 Å². The second-order valence-electron chi connectivity index (χ2n) is 7.23. The first-order chi connectivity index (χ1) is 15.8. The molecule has 0 saturated heterocycles. The summed E-state index contributed by atoms with van der Waals surface area (Å²) in [5.74, 6) is 0.815. The van der Waals surface area contributed by atoms with Gasteiger partial charge in [0.2, 0.25) is 16.8 Å². The van der Waals surface area contributed by atoms with Crippen LogP contribution in [0.5, 0.6) is 11.5 Å². The standard InChI is InChI=1S/C23H20BrN3O5S/c1-33(29,30)27(14-16-5-3-2-4-6-16)19-9-7-17(8-10-19)23(28)26-25-13-18-11-21-22(12-20(18)24)32-15-31-21/h2-13H,14-15H2,1H3,(H,26,28)/b25-13-. The molecule has 1 aliphatic rings. The van der Waals surface area contributed by atoms with E-state index in [4.69, 9.17) is 9.47 Å². The highest BCUT2D eigenvalue weighted by Crippen LogP contribution is 2.36. The molecule has 0 saturated carbocycles. The topological polar surface area (TPSA) is 97.3 Å². The minimum atomic E-state index is -3.52. The number of sulfonamides is 1. The molecule has 0 aliphatic carbocycles. The van der Waals surface area contributed by atoms with E-state index in [2.05, 4.69) is 26.5 Å². The van der Waals surface area contributed by atoms with Crippen LogP contribution < -0.4 is 19.2 Å². The summed E-state index contributed by atoms with van der Waals surface area (Å²) in [6.07, 6.45) is 2.64. The maximum atomic E-state index is 12.5.